The summed E-state index contributed by atoms with van der Waals surface area (Å²) in [5, 5.41) is 22.1. The molecule has 3 aromatic carbocycles. The minimum atomic E-state index is -1.07. The molecule has 7 heteroatoms. The zero-order valence-electron chi connectivity index (χ0n) is 20.4. The van der Waals surface area contributed by atoms with Crippen LogP contribution in [0.1, 0.15) is 34.8 Å². The van der Waals surface area contributed by atoms with Gasteiger partial charge in [-0.1, -0.05) is 84.9 Å². The van der Waals surface area contributed by atoms with Crippen LogP contribution in [0.15, 0.2) is 90.0 Å². The molecule has 4 rings (SSSR count). The first-order valence-electron chi connectivity index (χ1n) is 11.8. The summed E-state index contributed by atoms with van der Waals surface area (Å²) in [5.74, 6) is -1.36. The number of anilines is 1. The summed E-state index contributed by atoms with van der Waals surface area (Å²) >= 11 is 1.24. The van der Waals surface area contributed by atoms with E-state index in [9.17, 15) is 20.0 Å². The quantitative estimate of drug-likeness (QED) is 0.254. The smallest absolute Gasteiger partial charge is 0.335 e. The van der Waals surface area contributed by atoms with Gasteiger partial charge in [0, 0.05) is 16.8 Å². The summed E-state index contributed by atoms with van der Waals surface area (Å²) in [6.45, 7) is 3.90. The number of amides is 1. The number of carboxylic acid groups (broad SMARTS) is 1. The molecule has 0 fully saturated rings. The van der Waals surface area contributed by atoms with E-state index in [1.54, 1.807) is 12.1 Å². The lowest BCUT2D eigenvalue weighted by Crippen LogP contribution is -2.25. The summed E-state index contributed by atoms with van der Waals surface area (Å²) < 4.78 is 0. The summed E-state index contributed by atoms with van der Waals surface area (Å²) in [7, 11) is 0. The normalized spacial score (nSPS) is 11.4. The highest BCUT2D eigenvalue weighted by atomic mass is 32.2. The van der Waals surface area contributed by atoms with Crippen molar-refractivity contribution in [1.29, 1.82) is 5.26 Å². The summed E-state index contributed by atoms with van der Waals surface area (Å²) in [4.78, 5) is 29.3. The lowest BCUT2D eigenvalue weighted by molar-refractivity contribution is -0.115. The molecule has 1 aromatic heterocycles. The molecule has 2 N–H and O–H groups in total. The van der Waals surface area contributed by atoms with E-state index in [0.29, 0.717) is 28.4 Å². The van der Waals surface area contributed by atoms with Crippen molar-refractivity contribution in [2.45, 2.75) is 30.5 Å². The molecule has 1 atom stereocenters. The third-order valence-electron chi connectivity index (χ3n) is 5.82. The fraction of sp³-hybridized carbons (Fsp3) is 0.133. The molecule has 0 saturated carbocycles. The van der Waals surface area contributed by atoms with Crippen LogP contribution >= 0.6 is 11.8 Å². The zero-order valence-corrected chi connectivity index (χ0v) is 21.3. The molecule has 0 aliphatic heterocycles. The molecule has 4 aromatic rings. The van der Waals surface area contributed by atoms with Gasteiger partial charge in [0.25, 0.3) is 0 Å². The Morgan fingerprint density at radius 1 is 1.00 bits per heavy atom. The number of hydrogen-bond donors (Lipinski definition) is 2. The highest BCUT2D eigenvalue weighted by Crippen LogP contribution is 2.36. The van der Waals surface area contributed by atoms with E-state index < -0.39 is 11.2 Å². The second-order valence-corrected chi connectivity index (χ2v) is 9.66. The number of carbonyl (C=O) groups is 2. The van der Waals surface area contributed by atoms with E-state index in [4.69, 9.17) is 4.98 Å². The van der Waals surface area contributed by atoms with E-state index >= 15 is 0 Å². The van der Waals surface area contributed by atoms with Gasteiger partial charge in [-0.25, -0.2) is 9.78 Å². The van der Waals surface area contributed by atoms with Gasteiger partial charge < -0.3 is 10.4 Å². The number of pyridine rings is 1. The van der Waals surface area contributed by atoms with Crippen molar-refractivity contribution in [2.75, 3.05) is 5.32 Å². The molecule has 0 aliphatic carbocycles. The second-order valence-electron chi connectivity index (χ2n) is 8.47. The van der Waals surface area contributed by atoms with Crippen LogP contribution in [0.3, 0.4) is 0 Å². The van der Waals surface area contributed by atoms with Crippen molar-refractivity contribution >= 4 is 29.3 Å². The molecule has 1 amide bonds. The van der Waals surface area contributed by atoms with Crippen molar-refractivity contribution in [2.24, 2.45) is 0 Å². The molecule has 1 unspecified atom stereocenters. The largest absolute Gasteiger partial charge is 0.478 e. The molecular weight excluding hydrogens is 482 g/mol. The average molecular weight is 508 g/mol. The van der Waals surface area contributed by atoms with Crippen molar-refractivity contribution in [1.82, 2.24) is 4.98 Å². The van der Waals surface area contributed by atoms with Crippen LogP contribution in [0.5, 0.6) is 0 Å². The summed E-state index contributed by atoms with van der Waals surface area (Å²) in [6, 6.07) is 28.0. The number of aryl methyl sites for hydroxylation is 1. The van der Waals surface area contributed by atoms with Gasteiger partial charge in [-0.2, -0.15) is 5.26 Å². The molecule has 1 heterocycles. The van der Waals surface area contributed by atoms with Gasteiger partial charge in [0.2, 0.25) is 5.91 Å². The Morgan fingerprint density at radius 2 is 1.73 bits per heavy atom. The molecule has 0 radical (unpaired) electrons. The number of carboxylic acids is 1. The second kappa shape index (κ2) is 11.5. The lowest BCUT2D eigenvalue weighted by Gasteiger charge is -2.18. The molecular formula is C30H25N3O3S. The average Bonchev–Trinajstić information content (AvgIpc) is 2.92. The number of aromatic carboxylic acids is 1. The fourth-order valence-electron chi connectivity index (χ4n) is 3.84. The van der Waals surface area contributed by atoms with Gasteiger partial charge in [-0.3, -0.25) is 4.79 Å². The fourth-order valence-corrected chi connectivity index (χ4v) is 4.87. The maximum absolute atomic E-state index is 13.2. The Bertz CT molecular complexity index is 1480. The van der Waals surface area contributed by atoms with Crippen LogP contribution in [0.2, 0.25) is 0 Å². The maximum Gasteiger partial charge on any atom is 0.335 e. The van der Waals surface area contributed by atoms with E-state index in [2.05, 4.69) is 11.4 Å². The van der Waals surface area contributed by atoms with Crippen molar-refractivity contribution < 1.29 is 14.7 Å². The van der Waals surface area contributed by atoms with Crippen LogP contribution in [0.25, 0.3) is 22.4 Å². The van der Waals surface area contributed by atoms with E-state index in [1.165, 1.54) is 23.9 Å². The molecule has 37 heavy (non-hydrogen) atoms. The molecule has 0 saturated heterocycles. The van der Waals surface area contributed by atoms with Gasteiger partial charge in [-0.15, -0.1) is 0 Å². The van der Waals surface area contributed by atoms with E-state index in [0.717, 1.165) is 22.3 Å². The first-order chi connectivity index (χ1) is 17.9. The third kappa shape index (κ3) is 6.05. The number of hydrogen-bond acceptors (Lipinski definition) is 5. The topological polar surface area (TPSA) is 103 Å². The number of nitrogens with one attached hydrogen (secondary N) is 1. The lowest BCUT2D eigenvalue weighted by atomic mass is 9.98. The van der Waals surface area contributed by atoms with Crippen molar-refractivity contribution in [3.63, 3.8) is 0 Å². The van der Waals surface area contributed by atoms with Crippen molar-refractivity contribution in [3.05, 3.63) is 102 Å². The molecule has 184 valence electrons. The number of nitrogens with zero attached hydrogens (tertiary/aromatic N) is 2. The van der Waals surface area contributed by atoms with Gasteiger partial charge in [-0.05, 0) is 43.2 Å². The van der Waals surface area contributed by atoms with Gasteiger partial charge in [0.15, 0.2) is 0 Å². The number of rotatable bonds is 8. The van der Waals surface area contributed by atoms with Crippen LogP contribution in [-0.4, -0.2) is 27.2 Å². The van der Waals surface area contributed by atoms with Gasteiger partial charge >= 0.3 is 5.97 Å². The Morgan fingerprint density at radius 3 is 2.38 bits per heavy atom. The number of carbonyl (C=O) groups excluding carboxylic acids is 1. The Labute approximate surface area is 220 Å². The maximum atomic E-state index is 13.2. The predicted molar refractivity (Wildman–Crippen MR) is 147 cm³/mol. The van der Waals surface area contributed by atoms with E-state index in [-0.39, 0.29) is 11.5 Å². The molecule has 0 bridgehead atoms. The van der Waals surface area contributed by atoms with Crippen molar-refractivity contribution in [3.8, 4) is 28.5 Å². The van der Waals surface area contributed by atoms with Gasteiger partial charge in [0.1, 0.15) is 11.1 Å². The third-order valence-corrected chi connectivity index (χ3v) is 7.17. The Hall–Kier alpha value is -4.41. The van der Waals surface area contributed by atoms with Crippen LogP contribution < -0.4 is 5.32 Å². The monoisotopic (exact) mass is 507 g/mol. The minimum Gasteiger partial charge on any atom is -0.478 e. The number of aromatic nitrogens is 1. The minimum absolute atomic E-state index is 0.0882. The molecule has 6 nitrogen and oxygen atoms in total. The zero-order chi connectivity index (χ0) is 26.4. The molecule has 0 spiro atoms. The number of benzene rings is 3. The number of nitriles is 1. The van der Waals surface area contributed by atoms with Crippen LogP contribution in [0, 0.1) is 18.3 Å². The first kappa shape index (κ1) is 25.7. The predicted octanol–water partition coefficient (Wildman–Crippen LogP) is 6.80. The van der Waals surface area contributed by atoms with E-state index in [1.807, 2.05) is 74.5 Å². The number of thioether (sulfide) groups is 1. The highest BCUT2D eigenvalue weighted by molar-refractivity contribution is 8.00. The summed E-state index contributed by atoms with van der Waals surface area (Å²) in [5.41, 5.74) is 5.28. The SMILES string of the molecule is CCC(Sc1nc(-c2ccccc2)cc(-c2ccc(C)cc2)c1C#N)C(=O)Nc1cccc(C(=O)O)c1. The van der Waals surface area contributed by atoms with Gasteiger partial charge in [0.05, 0.1) is 22.1 Å². The molecule has 0 aliphatic rings. The van der Waals surface area contributed by atoms with Crippen LogP contribution in [0.4, 0.5) is 5.69 Å². The Kier molecular flexibility index (Phi) is 8.02. The standard InChI is InChI=1S/C30H25N3O3S/c1-3-27(28(34)32-23-11-7-10-22(16-23)30(35)36)37-29-25(18-31)24(20-14-12-19(2)13-15-20)17-26(33-29)21-8-5-4-6-9-21/h4-17,27H,3H2,1-2H3,(H,32,34)(H,35,36). The summed E-state index contributed by atoms with van der Waals surface area (Å²) in [6.07, 6.45) is 0.483. The Balaban J connectivity index is 1.73. The first-order valence-corrected chi connectivity index (χ1v) is 12.7. The highest BCUT2D eigenvalue weighted by Gasteiger charge is 2.24. The van der Waals surface area contributed by atoms with Crippen LogP contribution in [-0.2, 0) is 4.79 Å².